The van der Waals surface area contributed by atoms with Crippen molar-refractivity contribution in [2.24, 2.45) is 0 Å². The van der Waals surface area contributed by atoms with Crippen molar-refractivity contribution in [1.82, 2.24) is 9.97 Å². The molecule has 0 saturated heterocycles. The third-order valence-electron chi connectivity index (χ3n) is 4.27. The predicted molar refractivity (Wildman–Crippen MR) is 112 cm³/mol. The molecule has 7 heteroatoms. The van der Waals surface area contributed by atoms with Crippen LogP contribution in [0.1, 0.15) is 28.5 Å². The van der Waals surface area contributed by atoms with Gasteiger partial charge in [0.1, 0.15) is 11.4 Å². The molecule has 2 aromatic carbocycles. The number of ether oxygens (including phenoxy) is 1. The normalized spacial score (nSPS) is 10.4. The Bertz CT molecular complexity index is 1010. The minimum Gasteiger partial charge on any atom is -0.495 e. The summed E-state index contributed by atoms with van der Waals surface area (Å²) >= 11 is 6.14. The monoisotopic (exact) mass is 396 g/mol. The van der Waals surface area contributed by atoms with Gasteiger partial charge in [0.15, 0.2) is 0 Å². The van der Waals surface area contributed by atoms with Gasteiger partial charge < -0.3 is 15.4 Å². The highest BCUT2D eigenvalue weighted by Gasteiger charge is 2.13. The van der Waals surface area contributed by atoms with Crippen molar-refractivity contribution < 1.29 is 9.53 Å². The van der Waals surface area contributed by atoms with Crippen LogP contribution in [-0.4, -0.2) is 23.0 Å². The number of nitrogens with zero attached hydrogens (tertiary/aromatic N) is 2. The van der Waals surface area contributed by atoms with Crippen LogP contribution in [0.5, 0.6) is 5.75 Å². The van der Waals surface area contributed by atoms with Crippen molar-refractivity contribution in [2.45, 2.75) is 20.3 Å². The van der Waals surface area contributed by atoms with Gasteiger partial charge in [0.25, 0.3) is 5.91 Å². The molecule has 0 unspecified atom stereocenters. The first-order valence-corrected chi connectivity index (χ1v) is 9.23. The number of anilines is 3. The number of nitrogens with one attached hydrogen (secondary N) is 2. The lowest BCUT2D eigenvalue weighted by atomic mass is 10.1. The number of para-hydroxylation sites is 1. The SMILES string of the molecule is CCc1cccc(C)c1NC(=O)c1ccnc(Nc2ccc(OC)c(Cl)c2)n1. The molecule has 0 bridgehead atoms. The molecule has 0 aliphatic heterocycles. The molecule has 0 atom stereocenters. The minimum absolute atomic E-state index is 0.266. The lowest BCUT2D eigenvalue weighted by Crippen LogP contribution is -2.16. The third kappa shape index (κ3) is 4.40. The molecule has 3 rings (SSSR count). The maximum Gasteiger partial charge on any atom is 0.274 e. The number of aromatic nitrogens is 2. The standard InChI is InChI=1S/C21H21ClN4O2/c1-4-14-7-5-6-13(2)19(14)26-20(27)17-10-11-23-21(25-17)24-15-8-9-18(28-3)16(22)12-15/h5-12H,4H2,1-3H3,(H,26,27)(H,23,24,25). The number of carbonyl (C=O) groups is 1. The third-order valence-corrected chi connectivity index (χ3v) is 4.57. The Morgan fingerprint density at radius 3 is 2.75 bits per heavy atom. The fourth-order valence-electron chi connectivity index (χ4n) is 2.80. The number of hydrogen-bond acceptors (Lipinski definition) is 5. The lowest BCUT2D eigenvalue weighted by Gasteiger charge is -2.13. The van der Waals surface area contributed by atoms with Gasteiger partial charge >= 0.3 is 0 Å². The molecule has 0 radical (unpaired) electrons. The first-order valence-electron chi connectivity index (χ1n) is 8.85. The van der Waals surface area contributed by atoms with E-state index in [-0.39, 0.29) is 11.6 Å². The Labute approximate surface area is 168 Å². The summed E-state index contributed by atoms with van der Waals surface area (Å²) in [6.07, 6.45) is 2.36. The summed E-state index contributed by atoms with van der Waals surface area (Å²) in [6, 6.07) is 12.8. The van der Waals surface area contributed by atoms with Gasteiger partial charge in [-0.3, -0.25) is 4.79 Å². The molecule has 1 amide bonds. The second-order valence-corrected chi connectivity index (χ2v) is 6.56. The molecule has 0 saturated carbocycles. The first kappa shape index (κ1) is 19.6. The van der Waals surface area contributed by atoms with Crippen LogP contribution in [0.3, 0.4) is 0 Å². The summed E-state index contributed by atoms with van der Waals surface area (Å²) in [4.78, 5) is 21.2. The molecule has 2 N–H and O–H groups in total. The fraction of sp³-hybridized carbons (Fsp3) is 0.190. The van der Waals surface area contributed by atoms with E-state index >= 15 is 0 Å². The first-order chi connectivity index (χ1) is 13.5. The number of halogens is 1. The molecule has 28 heavy (non-hydrogen) atoms. The molecule has 0 aliphatic rings. The average molecular weight is 397 g/mol. The maximum absolute atomic E-state index is 12.7. The zero-order valence-electron chi connectivity index (χ0n) is 15.9. The summed E-state index contributed by atoms with van der Waals surface area (Å²) in [5.41, 5.74) is 3.87. The summed E-state index contributed by atoms with van der Waals surface area (Å²) in [5.74, 6) is 0.586. The van der Waals surface area contributed by atoms with E-state index in [9.17, 15) is 4.79 Å². The number of carbonyl (C=O) groups excluding carboxylic acids is 1. The van der Waals surface area contributed by atoms with Crippen LogP contribution in [0.2, 0.25) is 5.02 Å². The van der Waals surface area contributed by atoms with Crippen LogP contribution in [0.4, 0.5) is 17.3 Å². The van der Waals surface area contributed by atoms with Gasteiger partial charge in [0.05, 0.1) is 12.1 Å². The van der Waals surface area contributed by atoms with Gasteiger partial charge in [-0.15, -0.1) is 0 Å². The number of methoxy groups -OCH3 is 1. The highest BCUT2D eigenvalue weighted by Crippen LogP contribution is 2.28. The van der Waals surface area contributed by atoms with E-state index in [0.29, 0.717) is 22.4 Å². The Balaban J connectivity index is 1.80. The van der Waals surface area contributed by atoms with Gasteiger partial charge in [0, 0.05) is 17.6 Å². The van der Waals surface area contributed by atoms with Crippen molar-refractivity contribution in [3.05, 3.63) is 70.5 Å². The van der Waals surface area contributed by atoms with Gasteiger partial charge in [-0.05, 0) is 48.7 Å². The maximum atomic E-state index is 12.7. The molecule has 0 fully saturated rings. The van der Waals surface area contributed by atoms with E-state index in [2.05, 4.69) is 27.5 Å². The predicted octanol–water partition coefficient (Wildman–Crippen LogP) is 5.01. The van der Waals surface area contributed by atoms with Gasteiger partial charge in [0.2, 0.25) is 5.95 Å². The molecule has 1 aromatic heterocycles. The van der Waals surface area contributed by atoms with E-state index < -0.39 is 0 Å². The molecule has 6 nitrogen and oxygen atoms in total. The van der Waals surface area contributed by atoms with E-state index in [1.165, 1.54) is 6.20 Å². The lowest BCUT2D eigenvalue weighted by molar-refractivity contribution is 0.102. The zero-order chi connectivity index (χ0) is 20.1. The Kier molecular flexibility index (Phi) is 6.11. The smallest absolute Gasteiger partial charge is 0.274 e. The fourth-order valence-corrected chi connectivity index (χ4v) is 3.06. The van der Waals surface area contributed by atoms with E-state index in [0.717, 1.165) is 23.2 Å². The topological polar surface area (TPSA) is 76.1 Å². The average Bonchev–Trinajstić information content (AvgIpc) is 2.70. The Morgan fingerprint density at radius 1 is 1.21 bits per heavy atom. The molecule has 144 valence electrons. The molecule has 1 heterocycles. The second-order valence-electron chi connectivity index (χ2n) is 6.16. The van der Waals surface area contributed by atoms with E-state index in [1.54, 1.807) is 31.4 Å². The van der Waals surface area contributed by atoms with Gasteiger partial charge in [-0.2, -0.15) is 0 Å². The van der Waals surface area contributed by atoms with Crippen molar-refractivity contribution in [3.63, 3.8) is 0 Å². The highest BCUT2D eigenvalue weighted by atomic mass is 35.5. The second kappa shape index (κ2) is 8.71. The number of amides is 1. The highest BCUT2D eigenvalue weighted by molar-refractivity contribution is 6.32. The summed E-state index contributed by atoms with van der Waals surface area (Å²) in [6.45, 7) is 4.02. The van der Waals surface area contributed by atoms with E-state index in [4.69, 9.17) is 16.3 Å². The molecule has 0 spiro atoms. The largest absolute Gasteiger partial charge is 0.495 e. The minimum atomic E-state index is -0.290. The summed E-state index contributed by atoms with van der Waals surface area (Å²) in [5, 5.41) is 6.48. The van der Waals surface area contributed by atoms with Crippen molar-refractivity contribution in [3.8, 4) is 5.75 Å². The van der Waals surface area contributed by atoms with Gasteiger partial charge in [-0.25, -0.2) is 9.97 Å². The Morgan fingerprint density at radius 2 is 2.04 bits per heavy atom. The van der Waals surface area contributed by atoms with Crippen LogP contribution >= 0.6 is 11.6 Å². The van der Waals surface area contributed by atoms with Gasteiger partial charge in [-0.1, -0.05) is 36.7 Å². The molecular formula is C21H21ClN4O2. The van der Waals surface area contributed by atoms with Crippen molar-refractivity contribution in [2.75, 3.05) is 17.7 Å². The van der Waals surface area contributed by atoms with Crippen molar-refractivity contribution >= 4 is 34.8 Å². The zero-order valence-corrected chi connectivity index (χ0v) is 16.7. The van der Waals surface area contributed by atoms with Crippen molar-refractivity contribution in [1.29, 1.82) is 0 Å². The number of benzene rings is 2. The molecule has 0 aliphatic carbocycles. The summed E-state index contributed by atoms with van der Waals surface area (Å²) < 4.78 is 5.14. The molecule has 3 aromatic rings. The van der Waals surface area contributed by atoms with Crippen LogP contribution < -0.4 is 15.4 Å². The van der Waals surface area contributed by atoms with Crippen LogP contribution in [0, 0.1) is 6.92 Å². The number of rotatable bonds is 6. The van der Waals surface area contributed by atoms with Crippen LogP contribution in [0.15, 0.2) is 48.7 Å². The quantitative estimate of drug-likeness (QED) is 0.612. The number of aryl methyl sites for hydroxylation is 2. The summed E-state index contributed by atoms with van der Waals surface area (Å²) in [7, 11) is 1.55. The van der Waals surface area contributed by atoms with Crippen LogP contribution in [-0.2, 0) is 6.42 Å². The molecular weight excluding hydrogens is 376 g/mol. The Hall–Kier alpha value is -3.12. The number of hydrogen-bond donors (Lipinski definition) is 2. The van der Waals surface area contributed by atoms with E-state index in [1.807, 2.05) is 25.1 Å². The van der Waals surface area contributed by atoms with Crippen LogP contribution in [0.25, 0.3) is 0 Å².